The number of carbonyl (C=O) groups excluding carboxylic acids is 1. The van der Waals surface area contributed by atoms with Gasteiger partial charge in [0.05, 0.1) is 11.8 Å². The first-order valence-corrected chi connectivity index (χ1v) is 9.02. The lowest BCUT2D eigenvalue weighted by Crippen LogP contribution is -2.49. The number of nitrogens with zero attached hydrogens (tertiary/aromatic N) is 4. The van der Waals surface area contributed by atoms with Crippen molar-refractivity contribution in [2.75, 3.05) is 13.1 Å². The number of amides is 1. The SMILES string of the molecule is O=C(c1ccco1)N1CC2CC(C1)c1ccc(-c3cncnc3)c(=O)n1C2. The van der Waals surface area contributed by atoms with Gasteiger partial charge in [-0.05, 0) is 36.6 Å². The van der Waals surface area contributed by atoms with Gasteiger partial charge >= 0.3 is 0 Å². The van der Waals surface area contributed by atoms with Crippen molar-refractivity contribution in [2.24, 2.45) is 5.92 Å². The van der Waals surface area contributed by atoms with E-state index in [-0.39, 0.29) is 23.3 Å². The lowest BCUT2D eigenvalue weighted by molar-refractivity contribution is 0.0564. The lowest BCUT2D eigenvalue weighted by atomic mass is 9.82. The van der Waals surface area contributed by atoms with Gasteiger partial charge in [-0.3, -0.25) is 9.59 Å². The van der Waals surface area contributed by atoms with Gasteiger partial charge in [0, 0.05) is 49.2 Å². The summed E-state index contributed by atoms with van der Waals surface area (Å²) in [5.41, 5.74) is 2.32. The summed E-state index contributed by atoms with van der Waals surface area (Å²) in [5.74, 6) is 0.704. The highest BCUT2D eigenvalue weighted by atomic mass is 16.3. The van der Waals surface area contributed by atoms with Gasteiger partial charge in [-0.15, -0.1) is 0 Å². The first-order valence-electron chi connectivity index (χ1n) is 9.02. The zero-order valence-electron chi connectivity index (χ0n) is 14.6. The Labute approximate surface area is 155 Å². The molecule has 2 unspecified atom stereocenters. The molecule has 0 aromatic carbocycles. The topological polar surface area (TPSA) is 81.2 Å². The van der Waals surface area contributed by atoms with Crippen LogP contribution in [0.2, 0.25) is 0 Å². The van der Waals surface area contributed by atoms with Crippen LogP contribution in [-0.4, -0.2) is 38.4 Å². The number of furan rings is 1. The highest BCUT2D eigenvalue weighted by Gasteiger charge is 2.37. The van der Waals surface area contributed by atoms with Crippen molar-refractivity contribution in [3.63, 3.8) is 0 Å². The summed E-state index contributed by atoms with van der Waals surface area (Å²) < 4.78 is 7.14. The third kappa shape index (κ3) is 2.66. The molecule has 7 nitrogen and oxygen atoms in total. The molecular formula is C20H18N4O3. The van der Waals surface area contributed by atoms with Crippen molar-refractivity contribution in [3.8, 4) is 11.1 Å². The molecule has 1 fully saturated rings. The van der Waals surface area contributed by atoms with Crippen LogP contribution in [0, 0.1) is 5.92 Å². The highest BCUT2D eigenvalue weighted by Crippen LogP contribution is 2.36. The van der Waals surface area contributed by atoms with Crippen LogP contribution < -0.4 is 5.56 Å². The predicted molar refractivity (Wildman–Crippen MR) is 97.2 cm³/mol. The molecule has 5 rings (SSSR count). The van der Waals surface area contributed by atoms with Crippen LogP contribution in [0.15, 0.2) is 58.5 Å². The van der Waals surface area contributed by atoms with Gasteiger partial charge in [-0.25, -0.2) is 9.97 Å². The second kappa shape index (κ2) is 6.19. The van der Waals surface area contributed by atoms with Gasteiger partial charge in [0.2, 0.25) is 0 Å². The molecule has 0 spiro atoms. The standard InChI is InChI=1S/C20H18N4O3/c25-19-16(15-7-21-12-22-8-15)3-4-17-14-6-13(10-24(17)19)9-23(11-14)20(26)18-2-1-5-27-18/h1-5,7-8,12-14H,6,9-11H2. The summed E-state index contributed by atoms with van der Waals surface area (Å²) in [7, 11) is 0. The van der Waals surface area contributed by atoms with E-state index in [9.17, 15) is 9.59 Å². The summed E-state index contributed by atoms with van der Waals surface area (Å²) in [6.45, 7) is 1.86. The van der Waals surface area contributed by atoms with Crippen molar-refractivity contribution >= 4 is 5.91 Å². The third-order valence-electron chi connectivity index (χ3n) is 5.50. The van der Waals surface area contributed by atoms with Crippen LogP contribution >= 0.6 is 0 Å². The number of rotatable bonds is 2. The summed E-state index contributed by atoms with van der Waals surface area (Å²) >= 11 is 0. The Morgan fingerprint density at radius 1 is 1.11 bits per heavy atom. The van der Waals surface area contributed by atoms with Gasteiger partial charge in [-0.1, -0.05) is 0 Å². The Morgan fingerprint density at radius 2 is 1.96 bits per heavy atom. The van der Waals surface area contributed by atoms with Crippen LogP contribution in [0.4, 0.5) is 0 Å². The molecule has 5 heterocycles. The maximum Gasteiger partial charge on any atom is 0.289 e. The molecule has 27 heavy (non-hydrogen) atoms. The number of likely N-dealkylation sites (tertiary alicyclic amines) is 1. The minimum Gasteiger partial charge on any atom is -0.459 e. The Hall–Kier alpha value is -3.22. The molecule has 2 atom stereocenters. The number of fused-ring (bicyclic) bond motifs is 4. The molecular weight excluding hydrogens is 344 g/mol. The zero-order valence-corrected chi connectivity index (χ0v) is 14.6. The van der Waals surface area contributed by atoms with Crippen molar-refractivity contribution < 1.29 is 9.21 Å². The molecule has 2 aliphatic rings. The summed E-state index contributed by atoms with van der Waals surface area (Å²) in [6, 6.07) is 7.27. The number of hydrogen-bond donors (Lipinski definition) is 0. The van der Waals surface area contributed by atoms with E-state index in [1.165, 1.54) is 12.6 Å². The second-order valence-electron chi connectivity index (χ2n) is 7.20. The van der Waals surface area contributed by atoms with Crippen molar-refractivity contribution in [2.45, 2.75) is 18.9 Å². The molecule has 0 N–H and O–H groups in total. The Kier molecular flexibility index (Phi) is 3.67. The van der Waals surface area contributed by atoms with Crippen LogP contribution in [-0.2, 0) is 6.54 Å². The minimum absolute atomic E-state index is 0.0113. The molecule has 2 bridgehead atoms. The molecule has 0 radical (unpaired) electrons. The smallest absolute Gasteiger partial charge is 0.289 e. The van der Waals surface area contributed by atoms with E-state index < -0.39 is 0 Å². The van der Waals surface area contributed by atoms with E-state index in [4.69, 9.17) is 4.42 Å². The summed E-state index contributed by atoms with van der Waals surface area (Å²) in [6.07, 6.45) is 7.28. The molecule has 136 valence electrons. The molecule has 0 aliphatic carbocycles. The van der Waals surface area contributed by atoms with E-state index in [0.29, 0.717) is 31.0 Å². The predicted octanol–water partition coefficient (Wildman–Crippen LogP) is 2.16. The monoisotopic (exact) mass is 362 g/mol. The fraction of sp³-hybridized carbons (Fsp3) is 0.300. The van der Waals surface area contributed by atoms with Gasteiger partial charge in [0.1, 0.15) is 6.33 Å². The molecule has 3 aromatic heterocycles. The third-order valence-corrected chi connectivity index (χ3v) is 5.50. The highest BCUT2D eigenvalue weighted by molar-refractivity contribution is 5.91. The van der Waals surface area contributed by atoms with Crippen molar-refractivity contribution in [1.82, 2.24) is 19.4 Å². The molecule has 0 saturated carbocycles. The Morgan fingerprint density at radius 3 is 2.74 bits per heavy atom. The molecule has 2 aliphatic heterocycles. The second-order valence-corrected chi connectivity index (χ2v) is 7.20. The summed E-state index contributed by atoms with van der Waals surface area (Å²) in [4.78, 5) is 35.6. The van der Waals surface area contributed by atoms with Crippen LogP contribution in [0.25, 0.3) is 11.1 Å². The number of pyridine rings is 1. The molecule has 1 saturated heterocycles. The lowest BCUT2D eigenvalue weighted by Gasteiger charge is -2.42. The Bertz CT molecular complexity index is 1040. The van der Waals surface area contributed by atoms with Crippen molar-refractivity contribution in [1.29, 1.82) is 0 Å². The normalized spacial score (nSPS) is 21.0. The van der Waals surface area contributed by atoms with Gasteiger partial charge in [-0.2, -0.15) is 0 Å². The van der Waals surface area contributed by atoms with Gasteiger partial charge < -0.3 is 13.9 Å². The number of carbonyl (C=O) groups is 1. The van der Waals surface area contributed by atoms with E-state index >= 15 is 0 Å². The average Bonchev–Trinajstić information content (AvgIpc) is 3.23. The first kappa shape index (κ1) is 16.0. The minimum atomic E-state index is -0.0800. The van der Waals surface area contributed by atoms with E-state index in [0.717, 1.165) is 17.7 Å². The van der Waals surface area contributed by atoms with E-state index in [1.54, 1.807) is 24.5 Å². The molecule has 3 aromatic rings. The van der Waals surface area contributed by atoms with E-state index in [1.807, 2.05) is 21.6 Å². The average molecular weight is 362 g/mol. The van der Waals surface area contributed by atoms with Crippen LogP contribution in [0.5, 0.6) is 0 Å². The quantitative estimate of drug-likeness (QED) is 0.698. The molecule has 7 heteroatoms. The largest absolute Gasteiger partial charge is 0.459 e. The van der Waals surface area contributed by atoms with Crippen LogP contribution in [0.3, 0.4) is 0 Å². The molecule has 1 amide bonds. The summed E-state index contributed by atoms with van der Waals surface area (Å²) in [5, 5.41) is 0. The zero-order chi connectivity index (χ0) is 18.4. The number of aromatic nitrogens is 3. The Balaban J connectivity index is 1.49. The van der Waals surface area contributed by atoms with Gasteiger partial charge in [0.15, 0.2) is 5.76 Å². The first-order chi connectivity index (χ1) is 13.2. The van der Waals surface area contributed by atoms with E-state index in [2.05, 4.69) is 9.97 Å². The maximum atomic E-state index is 13.1. The number of hydrogen-bond acceptors (Lipinski definition) is 5. The number of piperidine rings is 1. The van der Waals surface area contributed by atoms with Gasteiger partial charge in [0.25, 0.3) is 11.5 Å². The van der Waals surface area contributed by atoms with Crippen molar-refractivity contribution in [3.05, 3.63) is 71.1 Å². The maximum absolute atomic E-state index is 13.1. The fourth-order valence-electron chi connectivity index (χ4n) is 4.33. The fourth-order valence-corrected chi connectivity index (χ4v) is 4.33. The van der Waals surface area contributed by atoms with Crippen LogP contribution in [0.1, 0.15) is 28.6 Å².